The second kappa shape index (κ2) is 9.57. The number of amides is 1. The minimum atomic E-state index is -0.315. The molecule has 0 radical (unpaired) electrons. The number of fused-ring (bicyclic) bond motifs is 1. The van der Waals surface area contributed by atoms with Gasteiger partial charge in [0.2, 0.25) is 0 Å². The predicted octanol–water partition coefficient (Wildman–Crippen LogP) is 4.63. The summed E-state index contributed by atoms with van der Waals surface area (Å²) in [7, 11) is 1.80. The van der Waals surface area contributed by atoms with Gasteiger partial charge in [0.1, 0.15) is 11.8 Å². The lowest BCUT2D eigenvalue weighted by Gasteiger charge is -2.25. The molecule has 2 saturated heterocycles. The Hall–Kier alpha value is -2.84. The van der Waals surface area contributed by atoms with Gasteiger partial charge in [-0.25, -0.2) is 14.5 Å². The van der Waals surface area contributed by atoms with Crippen LogP contribution in [0.1, 0.15) is 37.5 Å². The Balaban J connectivity index is 1.30. The normalized spacial score (nSPS) is 20.8. The first kappa shape index (κ1) is 22.0. The Morgan fingerprint density at radius 2 is 2.12 bits per heavy atom. The number of benzene rings is 1. The molecule has 1 aromatic carbocycles. The zero-order valence-electron chi connectivity index (χ0n) is 18.7. The first-order valence-corrected chi connectivity index (χ1v) is 11.8. The minimum Gasteiger partial charge on any atom is -0.445 e. The zero-order chi connectivity index (χ0) is 22.8. The number of ether oxygens (including phenoxy) is 2. The molecular weight excluding hydrogens is 442 g/mol. The van der Waals surface area contributed by atoms with Gasteiger partial charge in [-0.05, 0) is 31.2 Å². The summed E-state index contributed by atoms with van der Waals surface area (Å²) < 4.78 is 13.5. The lowest BCUT2D eigenvalue weighted by Crippen LogP contribution is -2.39. The Bertz CT molecular complexity index is 1120. The number of rotatable bonds is 5. The van der Waals surface area contributed by atoms with Crippen molar-refractivity contribution in [3.63, 3.8) is 0 Å². The van der Waals surface area contributed by atoms with Gasteiger partial charge < -0.3 is 19.3 Å². The van der Waals surface area contributed by atoms with Crippen molar-refractivity contribution in [1.82, 2.24) is 19.7 Å². The first-order valence-electron chi connectivity index (χ1n) is 11.4. The van der Waals surface area contributed by atoms with E-state index in [1.54, 1.807) is 18.1 Å². The highest BCUT2D eigenvalue weighted by molar-refractivity contribution is 6.30. The highest BCUT2D eigenvalue weighted by Gasteiger charge is 2.32. The van der Waals surface area contributed by atoms with Gasteiger partial charge in [0, 0.05) is 39.0 Å². The van der Waals surface area contributed by atoms with Crippen LogP contribution in [0.5, 0.6) is 0 Å². The third kappa shape index (κ3) is 4.63. The van der Waals surface area contributed by atoms with Gasteiger partial charge in [-0.2, -0.15) is 5.10 Å². The molecule has 2 fully saturated rings. The molecule has 174 valence electrons. The highest BCUT2D eigenvalue weighted by atomic mass is 35.5. The van der Waals surface area contributed by atoms with E-state index in [1.165, 1.54) is 0 Å². The van der Waals surface area contributed by atoms with Crippen LogP contribution in [0, 0.1) is 0 Å². The van der Waals surface area contributed by atoms with Gasteiger partial charge in [0.25, 0.3) is 0 Å². The fraction of sp³-hybridized carbons (Fsp3) is 0.458. The van der Waals surface area contributed by atoms with E-state index >= 15 is 0 Å². The molecule has 1 amide bonds. The van der Waals surface area contributed by atoms with Crippen LogP contribution in [0.4, 0.5) is 10.6 Å². The van der Waals surface area contributed by atoms with Gasteiger partial charge in [0.05, 0.1) is 16.9 Å². The van der Waals surface area contributed by atoms with Crippen LogP contribution in [-0.4, -0.2) is 58.5 Å². The van der Waals surface area contributed by atoms with Gasteiger partial charge in [-0.15, -0.1) is 0 Å². The van der Waals surface area contributed by atoms with Crippen LogP contribution in [0.15, 0.2) is 42.6 Å². The molecule has 2 aromatic heterocycles. The summed E-state index contributed by atoms with van der Waals surface area (Å²) in [5, 5.41) is 6.32. The molecule has 2 atom stereocenters. The number of hydrogen-bond acceptors (Lipinski definition) is 6. The summed E-state index contributed by atoms with van der Waals surface area (Å²) in [5.41, 5.74) is 1.90. The van der Waals surface area contributed by atoms with E-state index in [4.69, 9.17) is 26.2 Å². The van der Waals surface area contributed by atoms with Crippen LogP contribution in [0.25, 0.3) is 10.9 Å². The SMILES string of the molecule is CN(C(=O)OCc1ccccc1)C1CCN(c2nn(C3CCCCO3)c3cc(Cl)ncc23)C1. The molecule has 0 aliphatic carbocycles. The molecule has 3 aromatic rings. The quantitative estimate of drug-likeness (QED) is 0.507. The number of anilines is 1. The third-order valence-electron chi connectivity index (χ3n) is 6.47. The fourth-order valence-corrected chi connectivity index (χ4v) is 4.73. The van der Waals surface area contributed by atoms with E-state index < -0.39 is 0 Å². The number of carbonyl (C=O) groups is 1. The Morgan fingerprint density at radius 1 is 1.27 bits per heavy atom. The molecule has 9 heteroatoms. The second-order valence-corrected chi connectivity index (χ2v) is 9.04. The monoisotopic (exact) mass is 469 g/mol. The second-order valence-electron chi connectivity index (χ2n) is 8.65. The summed E-state index contributed by atoms with van der Waals surface area (Å²) in [6, 6.07) is 11.6. The molecule has 8 nitrogen and oxygen atoms in total. The summed E-state index contributed by atoms with van der Waals surface area (Å²) in [4.78, 5) is 20.8. The zero-order valence-corrected chi connectivity index (χ0v) is 19.4. The van der Waals surface area contributed by atoms with E-state index in [1.807, 2.05) is 41.1 Å². The number of pyridine rings is 1. The van der Waals surface area contributed by atoms with Crippen molar-refractivity contribution in [2.75, 3.05) is 31.6 Å². The smallest absolute Gasteiger partial charge is 0.410 e. The Labute approximate surface area is 198 Å². The Morgan fingerprint density at radius 3 is 2.91 bits per heavy atom. The maximum Gasteiger partial charge on any atom is 0.410 e. The van der Waals surface area contributed by atoms with E-state index in [-0.39, 0.29) is 25.0 Å². The van der Waals surface area contributed by atoms with Crippen molar-refractivity contribution in [3.05, 3.63) is 53.3 Å². The molecule has 2 aliphatic heterocycles. The van der Waals surface area contributed by atoms with E-state index in [9.17, 15) is 4.79 Å². The van der Waals surface area contributed by atoms with Crippen molar-refractivity contribution in [1.29, 1.82) is 0 Å². The Kier molecular flexibility index (Phi) is 6.37. The van der Waals surface area contributed by atoms with Gasteiger partial charge >= 0.3 is 6.09 Å². The van der Waals surface area contributed by atoms with Crippen LogP contribution in [-0.2, 0) is 16.1 Å². The molecule has 0 saturated carbocycles. The standard InChI is InChI=1S/C24H28ClN5O3/c1-28(24(31)33-16-17-7-3-2-4-8-17)18-10-11-29(15-18)23-19-14-26-21(25)13-20(19)30(27-23)22-9-5-6-12-32-22/h2-4,7-8,13-14,18,22H,5-6,9-12,15-16H2,1H3. The average molecular weight is 470 g/mol. The number of halogens is 1. The first-order chi connectivity index (χ1) is 16.1. The molecule has 33 heavy (non-hydrogen) atoms. The highest BCUT2D eigenvalue weighted by Crippen LogP contribution is 2.34. The van der Waals surface area contributed by atoms with Crippen molar-refractivity contribution >= 4 is 34.4 Å². The number of likely N-dealkylation sites (N-methyl/N-ethyl adjacent to an activating group) is 1. The van der Waals surface area contributed by atoms with E-state index in [0.717, 1.165) is 61.1 Å². The van der Waals surface area contributed by atoms with E-state index in [0.29, 0.717) is 11.7 Å². The lowest BCUT2D eigenvalue weighted by atomic mass is 10.2. The maximum absolute atomic E-state index is 12.6. The number of carbonyl (C=O) groups excluding carboxylic acids is 1. The minimum absolute atomic E-state index is 0.0414. The number of aromatic nitrogens is 3. The van der Waals surface area contributed by atoms with Gasteiger partial charge in [-0.1, -0.05) is 41.9 Å². The summed E-state index contributed by atoms with van der Waals surface area (Å²) >= 11 is 6.21. The third-order valence-corrected chi connectivity index (χ3v) is 6.68. The molecule has 2 unspecified atom stereocenters. The van der Waals surface area contributed by atoms with Crippen molar-refractivity contribution in [2.24, 2.45) is 0 Å². The largest absolute Gasteiger partial charge is 0.445 e. The van der Waals surface area contributed by atoms with Crippen LogP contribution in [0.2, 0.25) is 5.15 Å². The van der Waals surface area contributed by atoms with Crippen LogP contribution >= 0.6 is 11.6 Å². The summed E-state index contributed by atoms with van der Waals surface area (Å²) in [6.45, 7) is 2.48. The van der Waals surface area contributed by atoms with E-state index in [2.05, 4.69) is 9.88 Å². The molecule has 4 heterocycles. The maximum atomic E-state index is 12.6. The fourth-order valence-electron chi connectivity index (χ4n) is 4.58. The average Bonchev–Trinajstić information content (AvgIpc) is 3.48. The molecule has 0 spiro atoms. The van der Waals surface area contributed by atoms with Crippen molar-refractivity contribution < 1.29 is 14.3 Å². The van der Waals surface area contributed by atoms with Crippen LogP contribution < -0.4 is 4.90 Å². The summed E-state index contributed by atoms with van der Waals surface area (Å²) in [6.07, 6.45) is 5.33. The van der Waals surface area contributed by atoms with Crippen molar-refractivity contribution in [3.8, 4) is 0 Å². The molecule has 0 N–H and O–H groups in total. The molecule has 0 bridgehead atoms. The predicted molar refractivity (Wildman–Crippen MR) is 126 cm³/mol. The lowest BCUT2D eigenvalue weighted by molar-refractivity contribution is -0.0365. The number of hydrogen-bond donors (Lipinski definition) is 0. The van der Waals surface area contributed by atoms with Crippen LogP contribution in [0.3, 0.4) is 0 Å². The molecular formula is C24H28ClN5O3. The van der Waals surface area contributed by atoms with Crippen molar-refractivity contribution in [2.45, 2.75) is 44.6 Å². The van der Waals surface area contributed by atoms with Gasteiger partial charge in [0.15, 0.2) is 12.0 Å². The topological polar surface area (TPSA) is 72.7 Å². The van der Waals surface area contributed by atoms with Gasteiger partial charge in [-0.3, -0.25) is 0 Å². The molecule has 2 aliphatic rings. The molecule has 5 rings (SSSR count). The summed E-state index contributed by atoms with van der Waals surface area (Å²) in [5.74, 6) is 0.858. The number of nitrogens with zero attached hydrogens (tertiary/aromatic N) is 5.